The lowest BCUT2D eigenvalue weighted by atomic mass is 9.98. The van der Waals surface area contributed by atoms with Gasteiger partial charge in [0.15, 0.2) is 0 Å². The topological polar surface area (TPSA) is 95.9 Å². The second-order valence-corrected chi connectivity index (χ2v) is 9.18. The molecule has 0 aliphatic heterocycles. The van der Waals surface area contributed by atoms with E-state index in [2.05, 4.69) is 29.6 Å². The first-order valence-electron chi connectivity index (χ1n) is 12.1. The Balaban J connectivity index is 1.40. The van der Waals surface area contributed by atoms with Gasteiger partial charge in [0, 0.05) is 19.0 Å². The fourth-order valence-electron chi connectivity index (χ4n) is 4.68. The van der Waals surface area contributed by atoms with Crippen molar-refractivity contribution in [2.75, 3.05) is 19.7 Å². The Bertz CT molecular complexity index is 1000. The van der Waals surface area contributed by atoms with Crippen molar-refractivity contribution >= 4 is 18.0 Å². The van der Waals surface area contributed by atoms with Crippen molar-refractivity contribution in [3.05, 3.63) is 59.7 Å². The average Bonchev–Trinajstić information content (AvgIpc) is 3.60. The lowest BCUT2D eigenvalue weighted by molar-refractivity contribution is -0.139. The monoisotopic (exact) mass is 464 g/mol. The van der Waals surface area contributed by atoms with Crippen molar-refractivity contribution in [3.63, 3.8) is 0 Å². The Hall–Kier alpha value is -3.35. The van der Waals surface area contributed by atoms with E-state index in [1.807, 2.05) is 31.2 Å². The highest BCUT2D eigenvalue weighted by molar-refractivity contribution is 5.86. The number of nitrogens with zero attached hydrogens (tertiary/aromatic N) is 1. The molecule has 1 unspecified atom stereocenters. The quantitative estimate of drug-likeness (QED) is 0.514. The van der Waals surface area contributed by atoms with E-state index in [4.69, 9.17) is 9.84 Å². The number of fused-ring (bicyclic) bond motifs is 3. The predicted octanol–water partition coefficient (Wildman–Crippen LogP) is 4.41. The largest absolute Gasteiger partial charge is 0.481 e. The highest BCUT2D eigenvalue weighted by Gasteiger charge is 2.32. The molecule has 0 radical (unpaired) electrons. The van der Waals surface area contributed by atoms with E-state index in [9.17, 15) is 14.4 Å². The summed E-state index contributed by atoms with van der Waals surface area (Å²) >= 11 is 0. The van der Waals surface area contributed by atoms with Crippen molar-refractivity contribution in [3.8, 4) is 11.1 Å². The first-order chi connectivity index (χ1) is 16.5. The number of alkyl carbamates (subject to hydrolysis) is 1. The van der Waals surface area contributed by atoms with Crippen molar-refractivity contribution in [1.82, 2.24) is 10.2 Å². The zero-order valence-electron chi connectivity index (χ0n) is 19.5. The molecule has 0 bridgehead atoms. The molecule has 1 atom stereocenters. The van der Waals surface area contributed by atoms with E-state index in [1.165, 1.54) is 0 Å². The SMILES string of the molecule is CCCC(NC(=O)OCC1c2ccccc2-c2ccccc21)C(=O)N(CCC(=O)O)CC1CC1. The maximum Gasteiger partial charge on any atom is 0.407 e. The van der Waals surface area contributed by atoms with Gasteiger partial charge >= 0.3 is 12.1 Å². The summed E-state index contributed by atoms with van der Waals surface area (Å²) < 4.78 is 5.62. The number of aliphatic carboxylic acids is 1. The van der Waals surface area contributed by atoms with Gasteiger partial charge in [-0.1, -0.05) is 61.9 Å². The molecular formula is C27H32N2O5. The van der Waals surface area contributed by atoms with E-state index in [1.54, 1.807) is 4.90 Å². The highest BCUT2D eigenvalue weighted by atomic mass is 16.5. The van der Waals surface area contributed by atoms with Crippen LogP contribution >= 0.6 is 0 Å². The summed E-state index contributed by atoms with van der Waals surface area (Å²) in [6, 6.07) is 15.5. The molecule has 2 aromatic carbocycles. The lowest BCUT2D eigenvalue weighted by Crippen LogP contribution is -2.49. The highest BCUT2D eigenvalue weighted by Crippen LogP contribution is 2.44. The molecule has 2 amide bonds. The minimum absolute atomic E-state index is 0.0552. The molecule has 0 spiro atoms. The third kappa shape index (κ3) is 5.58. The van der Waals surface area contributed by atoms with Crippen molar-refractivity contribution in [2.24, 2.45) is 5.92 Å². The third-order valence-corrected chi connectivity index (χ3v) is 6.59. The Labute approximate surface area is 200 Å². The Morgan fingerprint density at radius 2 is 1.68 bits per heavy atom. The molecule has 4 rings (SSSR count). The van der Waals surface area contributed by atoms with Crippen LogP contribution in [0.2, 0.25) is 0 Å². The number of ether oxygens (including phenoxy) is 1. The van der Waals surface area contributed by atoms with Crippen LogP contribution in [0.5, 0.6) is 0 Å². The standard InChI is InChI=1S/C27H32N2O5/c1-2-7-24(26(32)29(15-14-25(30)31)16-18-12-13-18)28-27(33)34-17-23-21-10-5-3-8-19(21)20-9-4-6-11-22(20)23/h3-6,8-11,18,23-24H,2,7,12-17H2,1H3,(H,28,33)(H,30,31). The molecule has 7 heteroatoms. The predicted molar refractivity (Wildman–Crippen MR) is 128 cm³/mol. The molecule has 180 valence electrons. The van der Waals surface area contributed by atoms with Crippen LogP contribution in [-0.4, -0.2) is 53.7 Å². The minimum atomic E-state index is -0.940. The summed E-state index contributed by atoms with van der Waals surface area (Å²) in [7, 11) is 0. The number of hydrogen-bond donors (Lipinski definition) is 2. The van der Waals surface area contributed by atoms with E-state index >= 15 is 0 Å². The summed E-state index contributed by atoms with van der Waals surface area (Å²) in [5.41, 5.74) is 4.56. The van der Waals surface area contributed by atoms with Crippen LogP contribution in [0.25, 0.3) is 11.1 Å². The normalized spacial score (nSPS) is 15.2. The van der Waals surface area contributed by atoms with Crippen LogP contribution < -0.4 is 5.32 Å². The molecule has 2 aliphatic carbocycles. The van der Waals surface area contributed by atoms with Crippen molar-refractivity contribution in [2.45, 2.75) is 51.0 Å². The van der Waals surface area contributed by atoms with Crippen LogP contribution in [0.15, 0.2) is 48.5 Å². The smallest absolute Gasteiger partial charge is 0.407 e. The second-order valence-electron chi connectivity index (χ2n) is 9.18. The molecular weight excluding hydrogens is 432 g/mol. The molecule has 1 fully saturated rings. The van der Waals surface area contributed by atoms with E-state index in [0.29, 0.717) is 25.3 Å². The number of hydrogen-bond acceptors (Lipinski definition) is 4. The van der Waals surface area contributed by atoms with Gasteiger partial charge in [0.25, 0.3) is 0 Å². The van der Waals surface area contributed by atoms with E-state index in [-0.39, 0.29) is 31.4 Å². The average molecular weight is 465 g/mol. The van der Waals surface area contributed by atoms with Gasteiger partial charge in [-0.15, -0.1) is 0 Å². The summed E-state index contributed by atoms with van der Waals surface area (Å²) in [6.45, 7) is 2.82. The zero-order chi connectivity index (χ0) is 24.1. The van der Waals surface area contributed by atoms with Crippen molar-refractivity contribution in [1.29, 1.82) is 0 Å². The summed E-state index contributed by atoms with van der Waals surface area (Å²) in [5.74, 6) is -0.802. The Morgan fingerprint density at radius 1 is 1.06 bits per heavy atom. The van der Waals surface area contributed by atoms with Gasteiger partial charge in [0.05, 0.1) is 6.42 Å². The summed E-state index contributed by atoms with van der Waals surface area (Å²) in [4.78, 5) is 38.6. The number of amides is 2. The molecule has 0 heterocycles. The minimum Gasteiger partial charge on any atom is -0.481 e. The summed E-state index contributed by atoms with van der Waals surface area (Å²) in [5, 5.41) is 11.8. The fraction of sp³-hybridized carbons (Fsp3) is 0.444. The number of carbonyl (C=O) groups excluding carboxylic acids is 2. The van der Waals surface area contributed by atoms with Crippen LogP contribution in [0.4, 0.5) is 4.79 Å². The zero-order valence-corrected chi connectivity index (χ0v) is 19.5. The molecule has 0 aromatic heterocycles. The third-order valence-electron chi connectivity index (χ3n) is 6.59. The summed E-state index contributed by atoms with van der Waals surface area (Å²) in [6.07, 6.45) is 2.54. The van der Waals surface area contributed by atoms with Crippen molar-refractivity contribution < 1.29 is 24.2 Å². The second kappa shape index (κ2) is 10.7. The van der Waals surface area contributed by atoms with Gasteiger partial charge in [-0.05, 0) is 47.4 Å². The number of nitrogens with one attached hydrogen (secondary N) is 1. The number of carboxylic acids is 1. The van der Waals surface area contributed by atoms with Gasteiger partial charge in [0.2, 0.25) is 5.91 Å². The molecule has 34 heavy (non-hydrogen) atoms. The van der Waals surface area contributed by atoms with Crippen LogP contribution in [0.3, 0.4) is 0 Å². The number of carbonyl (C=O) groups is 3. The van der Waals surface area contributed by atoms with Gasteiger partial charge in [-0.2, -0.15) is 0 Å². The van der Waals surface area contributed by atoms with Gasteiger partial charge in [0.1, 0.15) is 12.6 Å². The molecule has 0 saturated heterocycles. The number of carboxylic acid groups (broad SMARTS) is 1. The van der Waals surface area contributed by atoms with Gasteiger partial charge in [-0.25, -0.2) is 4.79 Å². The van der Waals surface area contributed by atoms with Crippen LogP contribution in [0, 0.1) is 5.92 Å². The molecule has 1 saturated carbocycles. The number of benzene rings is 2. The Kier molecular flexibility index (Phi) is 7.50. The van der Waals surface area contributed by atoms with E-state index < -0.39 is 18.1 Å². The number of rotatable bonds is 11. The first kappa shape index (κ1) is 23.8. The maximum atomic E-state index is 13.2. The molecule has 2 aromatic rings. The van der Waals surface area contributed by atoms with Gasteiger partial charge in [-0.3, -0.25) is 9.59 Å². The van der Waals surface area contributed by atoms with Crippen LogP contribution in [0.1, 0.15) is 56.1 Å². The van der Waals surface area contributed by atoms with Crippen LogP contribution in [-0.2, 0) is 14.3 Å². The molecule has 2 N–H and O–H groups in total. The molecule has 7 nitrogen and oxygen atoms in total. The molecule has 2 aliphatic rings. The Morgan fingerprint density at radius 3 is 2.24 bits per heavy atom. The van der Waals surface area contributed by atoms with E-state index in [0.717, 1.165) is 35.1 Å². The van der Waals surface area contributed by atoms with Gasteiger partial charge < -0.3 is 20.1 Å². The lowest BCUT2D eigenvalue weighted by Gasteiger charge is -2.27. The maximum absolute atomic E-state index is 13.2. The first-order valence-corrected chi connectivity index (χ1v) is 12.1. The fourth-order valence-corrected chi connectivity index (χ4v) is 4.68.